The van der Waals surface area contributed by atoms with Gasteiger partial charge in [-0.1, -0.05) is 12.1 Å². The number of hydrogen-bond donors (Lipinski definition) is 2. The molecule has 0 amide bonds. The molecule has 0 aromatic heterocycles. The maximum atomic E-state index is 12.0. The quantitative estimate of drug-likeness (QED) is 0.178. The molecule has 0 heterocycles. The number of benzene rings is 2. The molecule has 0 bridgehead atoms. The molecule has 32 heavy (non-hydrogen) atoms. The number of anilines is 2. The van der Waals surface area contributed by atoms with Crippen molar-refractivity contribution in [2.45, 2.75) is 25.7 Å². The number of nitrogen functional groups attached to an aromatic ring is 2. The van der Waals surface area contributed by atoms with E-state index in [1.807, 2.05) is 6.07 Å². The van der Waals surface area contributed by atoms with Crippen LogP contribution in [0.1, 0.15) is 41.6 Å². The topological polar surface area (TPSA) is 138 Å². The first kappa shape index (κ1) is 24.3. The largest absolute Gasteiger partial charge is 0.494 e. The van der Waals surface area contributed by atoms with Crippen LogP contribution in [0.2, 0.25) is 0 Å². The van der Waals surface area contributed by atoms with Gasteiger partial charge in [0.05, 0.1) is 25.9 Å². The SMILES string of the molecule is COC(=O)C(C#N)=Cc1ccc(OCCCCCCOC(=O)c2cc(N)cc(N)c2)cc1. The summed E-state index contributed by atoms with van der Waals surface area (Å²) in [5, 5.41) is 8.99. The Bertz CT molecular complexity index is 973. The Kier molecular flexibility index (Phi) is 9.60. The van der Waals surface area contributed by atoms with Gasteiger partial charge in [-0.25, -0.2) is 9.59 Å². The summed E-state index contributed by atoms with van der Waals surface area (Å²) in [5.41, 5.74) is 13.2. The summed E-state index contributed by atoms with van der Waals surface area (Å²) in [6, 6.07) is 13.6. The van der Waals surface area contributed by atoms with Gasteiger partial charge in [-0.05, 0) is 67.7 Å². The van der Waals surface area contributed by atoms with E-state index in [1.54, 1.807) is 42.5 Å². The average Bonchev–Trinajstić information content (AvgIpc) is 2.78. The summed E-state index contributed by atoms with van der Waals surface area (Å²) in [5.74, 6) is -0.398. The van der Waals surface area contributed by atoms with E-state index in [1.165, 1.54) is 13.2 Å². The minimum Gasteiger partial charge on any atom is -0.494 e. The van der Waals surface area contributed by atoms with Gasteiger partial charge >= 0.3 is 11.9 Å². The molecule has 168 valence electrons. The van der Waals surface area contributed by atoms with Crippen LogP contribution in [0.4, 0.5) is 11.4 Å². The second-order valence-electron chi connectivity index (χ2n) is 7.02. The number of ether oxygens (including phenoxy) is 3. The zero-order valence-electron chi connectivity index (χ0n) is 18.0. The number of nitrogens with two attached hydrogens (primary N) is 2. The van der Waals surface area contributed by atoms with Gasteiger partial charge in [0.15, 0.2) is 0 Å². The lowest BCUT2D eigenvalue weighted by atomic mass is 10.1. The highest BCUT2D eigenvalue weighted by Gasteiger charge is 2.09. The Labute approximate surface area is 187 Å². The maximum Gasteiger partial charge on any atom is 0.348 e. The van der Waals surface area contributed by atoms with Crippen molar-refractivity contribution in [2.75, 3.05) is 31.8 Å². The highest BCUT2D eigenvalue weighted by atomic mass is 16.5. The third-order valence-corrected chi connectivity index (χ3v) is 4.47. The summed E-state index contributed by atoms with van der Waals surface area (Å²) in [4.78, 5) is 23.4. The van der Waals surface area contributed by atoms with Crippen molar-refractivity contribution in [1.29, 1.82) is 5.26 Å². The molecular formula is C24H27N3O5. The van der Waals surface area contributed by atoms with Gasteiger partial charge < -0.3 is 25.7 Å². The molecule has 0 saturated heterocycles. The summed E-state index contributed by atoms with van der Waals surface area (Å²) in [7, 11) is 1.23. The van der Waals surface area contributed by atoms with Crippen LogP contribution < -0.4 is 16.2 Å². The first-order valence-electron chi connectivity index (χ1n) is 10.2. The molecule has 0 saturated carbocycles. The molecule has 0 spiro atoms. The van der Waals surface area contributed by atoms with E-state index in [0.717, 1.165) is 25.7 Å². The third-order valence-electron chi connectivity index (χ3n) is 4.47. The average molecular weight is 437 g/mol. The maximum absolute atomic E-state index is 12.0. The molecule has 0 radical (unpaired) electrons. The fourth-order valence-electron chi connectivity index (χ4n) is 2.86. The van der Waals surface area contributed by atoms with Gasteiger partial charge in [0.1, 0.15) is 17.4 Å². The molecule has 2 aromatic rings. The fourth-order valence-corrected chi connectivity index (χ4v) is 2.86. The van der Waals surface area contributed by atoms with Crippen LogP contribution >= 0.6 is 0 Å². The zero-order valence-corrected chi connectivity index (χ0v) is 18.0. The molecule has 0 aliphatic heterocycles. The van der Waals surface area contributed by atoms with Gasteiger partial charge in [-0.3, -0.25) is 0 Å². The minimum atomic E-state index is -0.669. The second kappa shape index (κ2) is 12.6. The first-order chi connectivity index (χ1) is 15.4. The number of carbonyl (C=O) groups excluding carboxylic acids is 2. The lowest BCUT2D eigenvalue weighted by Crippen LogP contribution is -2.08. The normalized spacial score (nSPS) is 10.8. The summed E-state index contributed by atoms with van der Waals surface area (Å²) < 4.78 is 15.5. The number of methoxy groups -OCH3 is 1. The second-order valence-corrected chi connectivity index (χ2v) is 7.02. The van der Waals surface area contributed by atoms with Gasteiger partial charge in [0.25, 0.3) is 0 Å². The first-order valence-corrected chi connectivity index (χ1v) is 10.2. The summed E-state index contributed by atoms with van der Waals surface area (Å²) >= 11 is 0. The summed E-state index contributed by atoms with van der Waals surface area (Å²) in [6.45, 7) is 0.892. The third kappa shape index (κ3) is 8.03. The number of unbranched alkanes of at least 4 members (excludes halogenated alkanes) is 3. The lowest BCUT2D eigenvalue weighted by molar-refractivity contribution is -0.135. The molecule has 0 fully saturated rings. The smallest absolute Gasteiger partial charge is 0.348 e. The molecule has 2 aromatic carbocycles. The highest BCUT2D eigenvalue weighted by molar-refractivity contribution is 5.97. The monoisotopic (exact) mass is 437 g/mol. The predicted octanol–water partition coefficient (Wildman–Crippen LogP) is 3.73. The molecule has 0 unspecified atom stereocenters. The van der Waals surface area contributed by atoms with E-state index < -0.39 is 11.9 Å². The van der Waals surface area contributed by atoms with Crippen molar-refractivity contribution in [2.24, 2.45) is 0 Å². The molecule has 4 N–H and O–H groups in total. The zero-order chi connectivity index (χ0) is 23.3. The van der Waals surface area contributed by atoms with Crippen LogP contribution in [-0.2, 0) is 14.3 Å². The minimum absolute atomic E-state index is 0.0659. The Morgan fingerprint density at radius 1 is 0.969 bits per heavy atom. The predicted molar refractivity (Wildman–Crippen MR) is 122 cm³/mol. The van der Waals surface area contributed by atoms with Crippen LogP contribution in [0.3, 0.4) is 0 Å². The number of nitriles is 1. The molecule has 2 rings (SSSR count). The van der Waals surface area contributed by atoms with Gasteiger partial charge in [-0.15, -0.1) is 0 Å². The Morgan fingerprint density at radius 3 is 2.19 bits per heavy atom. The Hall–Kier alpha value is -3.99. The molecular weight excluding hydrogens is 410 g/mol. The fraction of sp³-hybridized carbons (Fsp3) is 0.292. The van der Waals surface area contributed by atoms with E-state index in [0.29, 0.717) is 41.5 Å². The number of esters is 2. The molecule has 8 nitrogen and oxygen atoms in total. The van der Waals surface area contributed by atoms with Crippen LogP contribution in [0.15, 0.2) is 48.0 Å². The molecule has 0 aliphatic rings. The van der Waals surface area contributed by atoms with Crippen molar-refractivity contribution >= 4 is 29.4 Å². The number of nitrogens with zero attached hydrogens (tertiary/aromatic N) is 1. The van der Waals surface area contributed by atoms with E-state index in [4.69, 9.17) is 26.2 Å². The number of carbonyl (C=O) groups is 2. The van der Waals surface area contributed by atoms with Crippen molar-refractivity contribution in [1.82, 2.24) is 0 Å². The van der Waals surface area contributed by atoms with E-state index in [2.05, 4.69) is 4.74 Å². The van der Waals surface area contributed by atoms with Crippen molar-refractivity contribution in [3.05, 3.63) is 59.2 Å². The van der Waals surface area contributed by atoms with Gasteiger partial charge in [0.2, 0.25) is 0 Å². The van der Waals surface area contributed by atoms with Crippen LogP contribution in [-0.4, -0.2) is 32.3 Å². The van der Waals surface area contributed by atoms with Crippen LogP contribution in [0.25, 0.3) is 6.08 Å². The van der Waals surface area contributed by atoms with Crippen molar-refractivity contribution < 1.29 is 23.8 Å². The standard InChI is InChI=1S/C24H27N3O5/c1-30-23(28)19(16-25)12-17-6-8-22(9-7-17)31-10-4-2-3-5-11-32-24(29)18-13-20(26)15-21(27)14-18/h6-9,12-15H,2-5,10-11,26-27H2,1H3. The van der Waals surface area contributed by atoms with E-state index in [-0.39, 0.29) is 5.57 Å². The van der Waals surface area contributed by atoms with Crippen LogP contribution in [0, 0.1) is 11.3 Å². The van der Waals surface area contributed by atoms with E-state index >= 15 is 0 Å². The lowest BCUT2D eigenvalue weighted by Gasteiger charge is -2.08. The molecule has 0 atom stereocenters. The number of rotatable bonds is 11. The number of hydrogen-bond acceptors (Lipinski definition) is 8. The Morgan fingerprint density at radius 2 is 1.59 bits per heavy atom. The molecule has 8 heteroatoms. The van der Waals surface area contributed by atoms with Crippen LogP contribution in [0.5, 0.6) is 5.75 Å². The molecule has 0 aliphatic carbocycles. The van der Waals surface area contributed by atoms with Crippen molar-refractivity contribution in [3.63, 3.8) is 0 Å². The summed E-state index contributed by atoms with van der Waals surface area (Å²) in [6.07, 6.45) is 4.93. The van der Waals surface area contributed by atoms with E-state index in [9.17, 15) is 9.59 Å². The highest BCUT2D eigenvalue weighted by Crippen LogP contribution is 2.16. The van der Waals surface area contributed by atoms with Gasteiger partial charge in [-0.2, -0.15) is 5.26 Å². The van der Waals surface area contributed by atoms with Gasteiger partial charge in [0, 0.05) is 11.4 Å². The Balaban J connectivity index is 1.62. The van der Waals surface area contributed by atoms with Crippen molar-refractivity contribution in [3.8, 4) is 11.8 Å².